The highest BCUT2D eigenvalue weighted by atomic mass is 127. The molecule has 2 atom stereocenters. The van der Waals surface area contributed by atoms with E-state index in [0.29, 0.717) is 311 Å². The Balaban J connectivity index is 0.681. The molecule has 0 spiro atoms. The molecule has 4 N–H and O–H groups in total. The third-order valence-electron chi connectivity index (χ3n) is 19.0. The number of unbranched alkanes of at least 4 members (excludes halogenated alkanes) is 1. The summed E-state index contributed by atoms with van der Waals surface area (Å²) in [6, 6.07) is 6.54. The van der Waals surface area contributed by atoms with Crippen LogP contribution in [-0.4, -0.2) is 432 Å². The van der Waals surface area contributed by atoms with Crippen LogP contribution in [0.25, 0.3) is 5.65 Å². The van der Waals surface area contributed by atoms with Gasteiger partial charge in [-0.1, -0.05) is 39.4 Å². The van der Waals surface area contributed by atoms with Crippen LogP contribution in [-0.2, 0) is 147 Å². The van der Waals surface area contributed by atoms with Gasteiger partial charge in [0.25, 0.3) is 5.91 Å². The van der Waals surface area contributed by atoms with Crippen LogP contribution >= 0.6 is 34.2 Å². The van der Waals surface area contributed by atoms with Crippen molar-refractivity contribution < 1.29 is 137 Å². The van der Waals surface area contributed by atoms with Crippen molar-refractivity contribution in [1.82, 2.24) is 55.3 Å². The zero-order chi connectivity index (χ0) is 91.8. The normalized spacial score (nSPS) is 14.3. The number of likely N-dealkylation sites (tertiary alicyclic amines) is 1. The minimum absolute atomic E-state index is 0.0588. The van der Waals surface area contributed by atoms with Gasteiger partial charge in [0.2, 0.25) is 27.7 Å². The number of fused-ring (bicyclic) bond motifs is 1. The largest absolute Gasteiger partial charge is 0.382 e. The fourth-order valence-electron chi connectivity index (χ4n) is 12.6. The van der Waals surface area contributed by atoms with Crippen LogP contribution in [0, 0.1) is 6.92 Å². The molecular formula is C84H143ClIN13O29S. The highest BCUT2D eigenvalue weighted by Crippen LogP contribution is 2.35. The number of carbonyl (C=O) groups is 4. The lowest BCUT2D eigenvalue weighted by atomic mass is 9.98. The smallest absolute Gasteiger partial charge is 0.256 e. The minimum Gasteiger partial charge on any atom is -0.382 e. The maximum atomic E-state index is 14.1. The molecule has 0 radical (unpaired) electrons. The molecule has 5 heterocycles. The van der Waals surface area contributed by atoms with Gasteiger partial charge in [0.15, 0.2) is 5.65 Å². The first kappa shape index (κ1) is 112. The number of alkyl halides is 1. The van der Waals surface area contributed by atoms with E-state index in [1.54, 1.807) is 33.5 Å². The van der Waals surface area contributed by atoms with E-state index in [-0.39, 0.29) is 82.2 Å². The van der Waals surface area contributed by atoms with Gasteiger partial charge in [-0.15, -0.1) is 5.10 Å². The Morgan fingerprint density at radius 2 is 0.961 bits per heavy atom. The number of sulfonamides is 1. The molecule has 0 aliphatic carbocycles. The lowest BCUT2D eigenvalue weighted by Crippen LogP contribution is -2.46. The van der Waals surface area contributed by atoms with E-state index in [9.17, 15) is 27.6 Å². The van der Waals surface area contributed by atoms with Crippen LogP contribution in [0.4, 0.5) is 11.5 Å². The maximum Gasteiger partial charge on any atom is 0.256 e. The lowest BCUT2D eigenvalue weighted by molar-refractivity contribution is -0.140. The Kier molecular flexibility index (Phi) is 65.0. The van der Waals surface area contributed by atoms with E-state index < -0.39 is 27.7 Å². The highest BCUT2D eigenvalue weighted by Gasteiger charge is 2.33. The first-order valence-electron chi connectivity index (χ1n) is 44.6. The van der Waals surface area contributed by atoms with Gasteiger partial charge in [-0.2, -0.15) is 5.10 Å². The second-order valence-corrected chi connectivity index (χ2v) is 32.1. The van der Waals surface area contributed by atoms with Crippen LogP contribution in [0.5, 0.6) is 0 Å². The molecule has 4 aromatic rings. The molecule has 6 rings (SSSR count). The van der Waals surface area contributed by atoms with Crippen molar-refractivity contribution in [3.8, 4) is 0 Å². The number of halogens is 2. The number of methoxy groups -OCH3 is 1. The summed E-state index contributed by atoms with van der Waals surface area (Å²) in [7, 11) is -2.00. The van der Waals surface area contributed by atoms with Gasteiger partial charge in [-0.25, -0.2) is 17.9 Å². The second kappa shape index (κ2) is 74.8. The number of anilines is 2. The minimum atomic E-state index is -3.64. The number of aryl methyl sites for hydroxylation is 1. The van der Waals surface area contributed by atoms with Crippen LogP contribution in [0.3, 0.4) is 0 Å². The third kappa shape index (κ3) is 55.2. The van der Waals surface area contributed by atoms with Crippen molar-refractivity contribution >= 4 is 85.0 Å². The number of carbonyl (C=O) groups excluding carboxylic acids is 4. The Labute approximate surface area is 777 Å². The van der Waals surface area contributed by atoms with Crippen molar-refractivity contribution in [2.45, 2.75) is 77.1 Å². The molecule has 4 amide bonds. The van der Waals surface area contributed by atoms with E-state index in [2.05, 4.69) is 58.5 Å². The third-order valence-corrected chi connectivity index (χ3v) is 20.3. The number of amides is 4. The van der Waals surface area contributed by atoms with Gasteiger partial charge in [0.05, 0.1) is 337 Å². The number of nitrogens with one attached hydrogen (secondary N) is 4. The van der Waals surface area contributed by atoms with Crippen LogP contribution < -0.4 is 25.6 Å². The molecule has 0 bridgehead atoms. The average Bonchev–Trinajstić information content (AvgIpc) is 1.64. The fourth-order valence-corrected chi connectivity index (χ4v) is 13.7. The van der Waals surface area contributed by atoms with Crippen LogP contribution in [0.2, 0.25) is 5.02 Å². The van der Waals surface area contributed by atoms with Gasteiger partial charge in [0.1, 0.15) is 24.6 Å². The molecule has 738 valence electrons. The van der Waals surface area contributed by atoms with E-state index in [4.69, 9.17) is 131 Å². The summed E-state index contributed by atoms with van der Waals surface area (Å²) in [4.78, 5) is 64.1. The Bertz CT molecular complexity index is 3640. The van der Waals surface area contributed by atoms with Gasteiger partial charge in [-0.3, -0.25) is 28.6 Å². The molecule has 1 aromatic carbocycles. The summed E-state index contributed by atoms with van der Waals surface area (Å²) in [5, 5.41) is 22.8. The average molecular weight is 1990 g/mol. The van der Waals surface area contributed by atoms with E-state index in [1.807, 2.05) is 19.2 Å². The van der Waals surface area contributed by atoms with E-state index in [0.717, 1.165) is 75.1 Å². The van der Waals surface area contributed by atoms with Crippen molar-refractivity contribution in [2.75, 3.05) is 364 Å². The van der Waals surface area contributed by atoms with E-state index in [1.165, 1.54) is 17.0 Å². The summed E-state index contributed by atoms with van der Waals surface area (Å²) in [6.45, 7) is 23.6. The van der Waals surface area contributed by atoms with Crippen molar-refractivity contribution in [2.24, 2.45) is 0 Å². The Morgan fingerprint density at radius 1 is 0.512 bits per heavy atom. The summed E-state index contributed by atoms with van der Waals surface area (Å²) in [5.41, 5.74) is 3.40. The number of hydrogen-bond donors (Lipinski definition) is 4. The fraction of sp³-hybridized carbons (Fsp3) is 0.786. The predicted molar refractivity (Wildman–Crippen MR) is 483 cm³/mol. The molecule has 3 aromatic heterocycles. The first-order chi connectivity index (χ1) is 63.2. The highest BCUT2D eigenvalue weighted by molar-refractivity contribution is 14.1. The van der Waals surface area contributed by atoms with Gasteiger partial charge < -0.3 is 140 Å². The van der Waals surface area contributed by atoms with E-state index >= 15 is 0 Å². The zero-order valence-electron chi connectivity index (χ0n) is 75.8. The summed E-state index contributed by atoms with van der Waals surface area (Å²) < 4.78 is 158. The summed E-state index contributed by atoms with van der Waals surface area (Å²) in [6.07, 6.45) is 10.1. The quantitative estimate of drug-likeness (QED) is 0.0280. The van der Waals surface area contributed by atoms with Gasteiger partial charge in [-0.05, 0) is 70.2 Å². The first-order valence-corrected chi connectivity index (χ1v) is 48.4. The number of ether oxygens (including phenoxy) is 23. The number of hydrogen-bond acceptors (Lipinski definition) is 35. The lowest BCUT2D eigenvalue weighted by Gasteiger charge is -2.35. The van der Waals surface area contributed by atoms with Crippen molar-refractivity contribution in [3.63, 3.8) is 0 Å². The molecule has 2 saturated heterocycles. The molecule has 1 unspecified atom stereocenters. The second-order valence-electron chi connectivity index (χ2n) is 29.3. The number of aromatic nitrogens is 6. The number of rotatable bonds is 87. The van der Waals surface area contributed by atoms with Crippen molar-refractivity contribution in [3.05, 3.63) is 64.2 Å². The molecule has 2 fully saturated rings. The monoisotopic (exact) mass is 1990 g/mol. The Morgan fingerprint density at radius 3 is 1.44 bits per heavy atom. The van der Waals surface area contributed by atoms with Gasteiger partial charge >= 0.3 is 0 Å². The molecule has 45 heteroatoms. The number of nitrogens with zero attached hydrogens (tertiary/aromatic N) is 9. The predicted octanol–water partition coefficient (Wildman–Crippen LogP) is 3.03. The zero-order valence-corrected chi connectivity index (χ0v) is 79.5. The SMILES string of the molecule is COCCOCCOCCOCCOCCOCCOCCOCCOCCOCCOCCOCCNC(=O)CN(CC(=O)NCCn1cc(COCCOCCOCCOCCOCCOCCOCCCCN[C@H]2CCN(c3nc4cc(C5CCCCN5C(=O)c5cc(Cl)ccc5NS(C)(=O)=O)nn4cc3C)C2)nn1)C(=O)CCOCCOCCOCCOCI. The van der Waals surface area contributed by atoms with Gasteiger partial charge in [0, 0.05) is 75.3 Å². The molecule has 0 saturated carbocycles. The molecule has 129 heavy (non-hydrogen) atoms. The van der Waals surface area contributed by atoms with Crippen LogP contribution in [0.15, 0.2) is 36.7 Å². The van der Waals surface area contributed by atoms with Crippen LogP contribution in [0.1, 0.15) is 78.3 Å². The molecule has 2 aliphatic rings. The topological polar surface area (TPSA) is 433 Å². The molecule has 2 aliphatic heterocycles. The summed E-state index contributed by atoms with van der Waals surface area (Å²) in [5.74, 6) is -0.769. The standard InChI is InChI=1S/C84H143ClIN13O29S/c1-71-64-99-79(63-77(92-99)78-8-4-6-16-98(78)84(103)75-62-72(85)9-10-76(75)93-129(3,104)105)90-83(71)95-17-11-73(65-95)87-13-5-7-19-107-24-27-111-32-34-115-38-40-123-52-53-124-54-56-125-58-60-127-69-74-66-97(94-91-74)18-14-88-80(100)67-96(82(102)12-20-108-25-28-112-55-57-126-59-61-128-70-86)68-81(101)89-15-21-109-26-29-113-33-35-116-39-41-118-44-45-120-48-49-122-51-50-121-47-46-119-43-42-117-37-36-114-31-30-110-23-22-106-2/h9-10,62-64,66,73,78,87,93H,4-8,11-61,65,67-70H2,1-3H3,(H,88,100)(H,89,101)/t73-,78?/m0/s1. The maximum absolute atomic E-state index is 14.1. The number of piperidine rings is 1. The molecule has 42 nitrogen and oxygen atoms in total. The Hall–Kier alpha value is -5.53. The van der Waals surface area contributed by atoms with Crippen molar-refractivity contribution in [1.29, 1.82) is 0 Å². The molecular weight excluding hydrogens is 1850 g/mol. The summed E-state index contributed by atoms with van der Waals surface area (Å²) >= 11 is 8.43. The number of benzene rings is 1.